The number of hydrogen-bond donors (Lipinski definition) is 1. The van der Waals surface area contributed by atoms with Crippen molar-refractivity contribution in [3.8, 4) is 5.75 Å². The van der Waals surface area contributed by atoms with Gasteiger partial charge >= 0.3 is 7.60 Å². The third kappa shape index (κ3) is 4.52. The number of aryl methyl sites for hydroxylation is 1. The molecule has 2 rings (SSSR count). The normalized spacial score (nSPS) is 13.4. The molecule has 9 heteroatoms. The summed E-state index contributed by atoms with van der Waals surface area (Å²) in [6, 6.07) is 12.8. The van der Waals surface area contributed by atoms with Gasteiger partial charge in [0.15, 0.2) is 0 Å². The van der Waals surface area contributed by atoms with Gasteiger partial charge in [-0.15, -0.1) is 0 Å². The van der Waals surface area contributed by atoms with E-state index in [1.807, 2.05) is 6.92 Å². The summed E-state index contributed by atoms with van der Waals surface area (Å²) in [5.41, 5.74) is 1.35. The predicted molar refractivity (Wildman–Crippen MR) is 98.9 cm³/mol. The highest BCUT2D eigenvalue weighted by atomic mass is 32.2. The molecule has 0 spiro atoms. The summed E-state index contributed by atoms with van der Waals surface area (Å²) in [5.74, 6) is -0.631. The van der Waals surface area contributed by atoms with E-state index in [0.29, 0.717) is 11.3 Å². The number of methoxy groups -OCH3 is 1. The minimum Gasteiger partial charge on any atom is -0.497 e. The fourth-order valence-electron chi connectivity index (χ4n) is 2.32. The van der Waals surface area contributed by atoms with Crippen molar-refractivity contribution in [2.75, 3.05) is 21.3 Å². The molecule has 0 radical (unpaired) electrons. The van der Waals surface area contributed by atoms with Crippen LogP contribution in [-0.4, -0.2) is 29.7 Å². The summed E-state index contributed by atoms with van der Waals surface area (Å²) in [6.45, 7) is 1.86. The molecule has 26 heavy (non-hydrogen) atoms. The van der Waals surface area contributed by atoms with E-state index in [4.69, 9.17) is 13.8 Å². The summed E-state index contributed by atoms with van der Waals surface area (Å²) < 4.78 is 56.1. The van der Waals surface area contributed by atoms with Gasteiger partial charge in [-0.05, 0) is 36.8 Å². The molecule has 0 aliphatic rings. The smallest absolute Gasteiger partial charge is 0.352 e. The maximum Gasteiger partial charge on any atom is 0.352 e. The second-order valence-corrected chi connectivity index (χ2v) is 9.56. The van der Waals surface area contributed by atoms with Crippen molar-refractivity contribution in [1.82, 2.24) is 4.72 Å². The summed E-state index contributed by atoms with van der Waals surface area (Å²) in [5, 5.41) is 0. The zero-order valence-corrected chi connectivity index (χ0v) is 16.7. The van der Waals surface area contributed by atoms with Crippen LogP contribution in [0.25, 0.3) is 0 Å². The molecule has 1 N–H and O–H groups in total. The van der Waals surface area contributed by atoms with E-state index < -0.39 is 23.4 Å². The maximum absolute atomic E-state index is 13.0. The van der Waals surface area contributed by atoms with E-state index in [1.54, 1.807) is 36.4 Å². The van der Waals surface area contributed by atoms with Crippen molar-refractivity contribution in [1.29, 1.82) is 0 Å². The fraction of sp³-hybridized carbons (Fsp3) is 0.294. The summed E-state index contributed by atoms with van der Waals surface area (Å²) >= 11 is 0. The largest absolute Gasteiger partial charge is 0.497 e. The Labute approximate surface area is 153 Å². The van der Waals surface area contributed by atoms with Crippen LogP contribution in [0.4, 0.5) is 0 Å². The van der Waals surface area contributed by atoms with Gasteiger partial charge in [0.05, 0.1) is 12.0 Å². The molecule has 7 nitrogen and oxygen atoms in total. The molecule has 0 aliphatic carbocycles. The Kier molecular flexibility index (Phi) is 6.60. The van der Waals surface area contributed by atoms with E-state index in [0.717, 1.165) is 5.56 Å². The van der Waals surface area contributed by atoms with Crippen molar-refractivity contribution in [3.05, 3.63) is 59.7 Å². The summed E-state index contributed by atoms with van der Waals surface area (Å²) in [4.78, 5) is 0.0559. The first-order chi connectivity index (χ1) is 12.3. The second-order valence-electron chi connectivity index (χ2n) is 5.52. The number of hydrogen-bond acceptors (Lipinski definition) is 6. The van der Waals surface area contributed by atoms with Gasteiger partial charge in [0.1, 0.15) is 11.5 Å². The number of sulfonamides is 1. The van der Waals surface area contributed by atoms with Gasteiger partial charge in [-0.1, -0.05) is 29.8 Å². The van der Waals surface area contributed by atoms with Gasteiger partial charge in [-0.3, -0.25) is 4.57 Å². The van der Waals surface area contributed by atoms with Crippen molar-refractivity contribution < 1.29 is 26.8 Å². The van der Waals surface area contributed by atoms with Crippen LogP contribution in [0.5, 0.6) is 5.75 Å². The Balaban J connectivity index is 2.46. The Hall–Kier alpha value is -1.70. The molecule has 0 heterocycles. The molecule has 2 aromatic rings. The summed E-state index contributed by atoms with van der Waals surface area (Å²) in [7, 11) is -3.82. The van der Waals surface area contributed by atoms with Crippen molar-refractivity contribution in [2.45, 2.75) is 17.6 Å². The monoisotopic (exact) mass is 399 g/mol. The van der Waals surface area contributed by atoms with Crippen LogP contribution in [0.3, 0.4) is 0 Å². The lowest BCUT2D eigenvalue weighted by Crippen LogP contribution is -2.29. The van der Waals surface area contributed by atoms with Gasteiger partial charge < -0.3 is 13.8 Å². The van der Waals surface area contributed by atoms with E-state index >= 15 is 0 Å². The van der Waals surface area contributed by atoms with Gasteiger partial charge in [-0.2, -0.15) is 4.72 Å². The molecule has 0 amide bonds. The zero-order chi connectivity index (χ0) is 19.4. The molecule has 0 aromatic heterocycles. The second kappa shape index (κ2) is 8.33. The standard InChI is InChI=1S/C17H22NO6PS/c1-13-5-11-16(12-6-13)26(20,21)18-17(25(19,23-3)24-4)14-7-9-15(22-2)10-8-14/h5-12,17-18H,1-4H3. The van der Waals surface area contributed by atoms with Gasteiger partial charge in [-0.25, -0.2) is 8.42 Å². The maximum atomic E-state index is 13.0. The minimum absolute atomic E-state index is 0.0559. The van der Waals surface area contributed by atoms with Crippen LogP contribution in [-0.2, 0) is 23.6 Å². The molecule has 2 aromatic carbocycles. The highest BCUT2D eigenvalue weighted by Crippen LogP contribution is 2.58. The van der Waals surface area contributed by atoms with Gasteiger partial charge in [0, 0.05) is 14.2 Å². The van der Waals surface area contributed by atoms with Gasteiger partial charge in [0.25, 0.3) is 0 Å². The number of rotatable bonds is 8. The Morgan fingerprint density at radius 2 is 1.46 bits per heavy atom. The molecular formula is C17H22NO6PS. The quantitative estimate of drug-likeness (QED) is 0.684. The summed E-state index contributed by atoms with van der Waals surface area (Å²) in [6.07, 6.45) is 0. The molecule has 1 atom stereocenters. The van der Waals surface area contributed by atoms with Crippen molar-refractivity contribution in [3.63, 3.8) is 0 Å². The lowest BCUT2D eigenvalue weighted by atomic mass is 10.2. The third-order valence-corrected chi connectivity index (χ3v) is 7.55. The van der Waals surface area contributed by atoms with E-state index in [2.05, 4.69) is 4.72 Å². The first kappa shape index (κ1) is 20.6. The molecule has 0 saturated heterocycles. The first-order valence-electron chi connectivity index (χ1n) is 7.70. The molecular weight excluding hydrogens is 377 g/mol. The predicted octanol–water partition coefficient (Wildman–Crippen LogP) is 3.47. The van der Waals surface area contributed by atoms with Crippen LogP contribution >= 0.6 is 7.60 Å². The van der Waals surface area contributed by atoms with Crippen molar-refractivity contribution >= 4 is 17.6 Å². The van der Waals surface area contributed by atoms with Crippen LogP contribution in [0.2, 0.25) is 0 Å². The molecule has 0 bridgehead atoms. The molecule has 1 unspecified atom stereocenters. The van der Waals surface area contributed by atoms with Crippen LogP contribution in [0.15, 0.2) is 53.4 Å². The number of ether oxygens (including phenoxy) is 1. The van der Waals surface area contributed by atoms with Crippen LogP contribution in [0, 0.1) is 6.92 Å². The number of nitrogens with one attached hydrogen (secondary N) is 1. The molecule has 0 fully saturated rings. The average Bonchev–Trinajstić information content (AvgIpc) is 2.66. The first-order valence-corrected chi connectivity index (χ1v) is 10.8. The average molecular weight is 399 g/mol. The highest BCUT2D eigenvalue weighted by Gasteiger charge is 2.38. The molecule has 142 valence electrons. The zero-order valence-electron chi connectivity index (χ0n) is 15.0. The molecule has 0 aliphatic heterocycles. The number of benzene rings is 2. The minimum atomic E-state index is -3.96. The fourth-order valence-corrected chi connectivity index (χ4v) is 5.42. The van der Waals surface area contributed by atoms with Crippen LogP contribution < -0.4 is 9.46 Å². The Bertz CT molecular complexity index is 872. The van der Waals surface area contributed by atoms with E-state index in [-0.39, 0.29) is 4.90 Å². The van der Waals surface area contributed by atoms with Crippen LogP contribution in [0.1, 0.15) is 16.9 Å². The van der Waals surface area contributed by atoms with E-state index in [9.17, 15) is 13.0 Å². The highest BCUT2D eigenvalue weighted by molar-refractivity contribution is 7.89. The third-order valence-electron chi connectivity index (χ3n) is 3.85. The lowest BCUT2D eigenvalue weighted by molar-refractivity contribution is 0.263. The SMILES string of the molecule is COc1ccc(C(NS(=O)(=O)c2ccc(C)cc2)P(=O)(OC)OC)cc1. The van der Waals surface area contributed by atoms with Crippen molar-refractivity contribution in [2.24, 2.45) is 0 Å². The topological polar surface area (TPSA) is 90.9 Å². The van der Waals surface area contributed by atoms with E-state index in [1.165, 1.54) is 33.5 Å². The van der Waals surface area contributed by atoms with Gasteiger partial charge in [0.2, 0.25) is 10.0 Å². The Morgan fingerprint density at radius 3 is 1.92 bits per heavy atom. The molecule has 0 saturated carbocycles. The Morgan fingerprint density at radius 1 is 0.923 bits per heavy atom. The lowest BCUT2D eigenvalue weighted by Gasteiger charge is -2.25.